The van der Waals surface area contributed by atoms with E-state index in [0.717, 1.165) is 18.0 Å². The summed E-state index contributed by atoms with van der Waals surface area (Å²) in [6.45, 7) is 2.75. The molecule has 0 amide bonds. The molecule has 1 aromatic carbocycles. The van der Waals surface area contributed by atoms with Gasteiger partial charge in [-0.15, -0.1) is 0 Å². The first kappa shape index (κ1) is 17.3. The molecule has 130 valence electrons. The lowest BCUT2D eigenvalue weighted by Crippen LogP contribution is -2.48. The van der Waals surface area contributed by atoms with E-state index in [1.54, 1.807) is 18.3 Å². The van der Waals surface area contributed by atoms with Crippen LogP contribution in [0, 0.1) is 23.0 Å². The fraction of sp³-hybridized carbons (Fsp3) is 0.333. The maximum Gasteiger partial charge on any atom is 0.131 e. The van der Waals surface area contributed by atoms with Gasteiger partial charge in [0.1, 0.15) is 17.5 Å². The van der Waals surface area contributed by atoms with E-state index >= 15 is 0 Å². The van der Waals surface area contributed by atoms with Crippen LogP contribution in [0.3, 0.4) is 0 Å². The highest BCUT2D eigenvalue weighted by molar-refractivity contribution is 5.45. The predicted molar refractivity (Wildman–Crippen MR) is 88.9 cm³/mol. The number of pyridine rings is 1. The molecule has 0 aliphatic carbocycles. The second kappa shape index (κ2) is 7.55. The molecule has 7 heteroatoms. The van der Waals surface area contributed by atoms with Crippen molar-refractivity contribution in [2.45, 2.75) is 6.10 Å². The third kappa shape index (κ3) is 3.92. The second-order valence-electron chi connectivity index (χ2n) is 5.95. The lowest BCUT2D eigenvalue weighted by molar-refractivity contribution is 0.103. The summed E-state index contributed by atoms with van der Waals surface area (Å²) in [5.41, 5.74) is 0.270. The van der Waals surface area contributed by atoms with Gasteiger partial charge in [-0.2, -0.15) is 5.26 Å². The minimum Gasteiger partial charge on any atom is -0.387 e. The van der Waals surface area contributed by atoms with Crippen LogP contribution in [0.15, 0.2) is 36.5 Å². The van der Waals surface area contributed by atoms with Crippen LogP contribution in [0.4, 0.5) is 14.6 Å². The molecule has 2 heterocycles. The summed E-state index contributed by atoms with van der Waals surface area (Å²) >= 11 is 0. The minimum absolute atomic E-state index is 0.164. The van der Waals surface area contributed by atoms with E-state index in [4.69, 9.17) is 5.26 Å². The fourth-order valence-corrected chi connectivity index (χ4v) is 2.99. The van der Waals surface area contributed by atoms with Gasteiger partial charge in [0.05, 0.1) is 23.3 Å². The summed E-state index contributed by atoms with van der Waals surface area (Å²) in [5.74, 6) is -0.730. The van der Waals surface area contributed by atoms with Gasteiger partial charge in [-0.1, -0.05) is 6.07 Å². The lowest BCUT2D eigenvalue weighted by Gasteiger charge is -2.36. The molecule has 0 bridgehead atoms. The number of aliphatic hydroxyl groups is 1. The first-order valence-corrected chi connectivity index (χ1v) is 8.04. The van der Waals surface area contributed by atoms with E-state index < -0.39 is 17.7 Å². The van der Waals surface area contributed by atoms with Crippen LogP contribution in [-0.2, 0) is 0 Å². The highest BCUT2D eigenvalue weighted by atomic mass is 19.1. The highest BCUT2D eigenvalue weighted by Crippen LogP contribution is 2.22. The zero-order chi connectivity index (χ0) is 17.8. The Hall–Kier alpha value is -2.56. The first-order chi connectivity index (χ1) is 12.1. The molecule has 1 fully saturated rings. The Morgan fingerprint density at radius 1 is 1.16 bits per heavy atom. The molecule has 1 aliphatic heterocycles. The molecular formula is C18H18F2N4O. The van der Waals surface area contributed by atoms with Gasteiger partial charge in [-0.25, -0.2) is 13.8 Å². The Kier molecular flexibility index (Phi) is 5.22. The lowest BCUT2D eigenvalue weighted by atomic mass is 10.1. The van der Waals surface area contributed by atoms with Gasteiger partial charge in [0, 0.05) is 38.9 Å². The molecule has 1 aliphatic rings. The van der Waals surface area contributed by atoms with Gasteiger partial charge in [0.2, 0.25) is 0 Å². The SMILES string of the molecule is N#Cc1ccnc(N2CCN(C[C@@H](O)c3c(F)cccc3F)CC2)c1. The van der Waals surface area contributed by atoms with Crippen LogP contribution >= 0.6 is 0 Å². The van der Waals surface area contributed by atoms with E-state index in [0.29, 0.717) is 31.7 Å². The Bertz CT molecular complexity index is 765. The molecule has 0 spiro atoms. The van der Waals surface area contributed by atoms with Crippen molar-refractivity contribution in [3.63, 3.8) is 0 Å². The van der Waals surface area contributed by atoms with Crippen LogP contribution in [0.1, 0.15) is 17.2 Å². The van der Waals surface area contributed by atoms with E-state index in [1.807, 2.05) is 9.80 Å². The van der Waals surface area contributed by atoms with Gasteiger partial charge in [-0.3, -0.25) is 4.90 Å². The molecule has 2 aromatic rings. The van der Waals surface area contributed by atoms with Crippen molar-refractivity contribution in [2.24, 2.45) is 0 Å². The number of benzene rings is 1. The fourth-order valence-electron chi connectivity index (χ4n) is 2.99. The standard InChI is InChI=1S/C18H18F2N4O/c19-14-2-1-3-15(20)18(14)16(25)12-23-6-8-24(9-7-23)17-10-13(11-21)4-5-22-17/h1-5,10,16,25H,6-9,12H2/t16-/m1/s1. The van der Waals surface area contributed by atoms with Gasteiger partial charge < -0.3 is 10.0 Å². The quantitative estimate of drug-likeness (QED) is 0.920. The van der Waals surface area contributed by atoms with Crippen LogP contribution in [-0.4, -0.2) is 47.7 Å². The van der Waals surface area contributed by atoms with Crippen LogP contribution < -0.4 is 4.90 Å². The molecule has 3 rings (SSSR count). The summed E-state index contributed by atoms with van der Waals surface area (Å²) in [7, 11) is 0. The Labute approximate surface area is 144 Å². The number of halogens is 2. The zero-order valence-electron chi connectivity index (χ0n) is 13.6. The monoisotopic (exact) mass is 344 g/mol. The summed E-state index contributed by atoms with van der Waals surface area (Å²) in [5, 5.41) is 19.2. The molecule has 5 nitrogen and oxygen atoms in total. The Morgan fingerprint density at radius 2 is 1.84 bits per heavy atom. The van der Waals surface area contributed by atoms with Crippen molar-refractivity contribution in [3.05, 3.63) is 59.3 Å². The summed E-state index contributed by atoms with van der Waals surface area (Å²) in [4.78, 5) is 8.28. The third-order valence-corrected chi connectivity index (χ3v) is 4.33. The van der Waals surface area contributed by atoms with Crippen molar-refractivity contribution in [1.82, 2.24) is 9.88 Å². The molecule has 25 heavy (non-hydrogen) atoms. The number of nitrogens with zero attached hydrogens (tertiary/aromatic N) is 4. The minimum atomic E-state index is -1.22. The summed E-state index contributed by atoms with van der Waals surface area (Å²) < 4.78 is 27.5. The summed E-state index contributed by atoms with van der Waals surface area (Å²) in [6.07, 6.45) is 0.387. The molecule has 1 N–H and O–H groups in total. The van der Waals surface area contributed by atoms with E-state index in [1.165, 1.54) is 6.07 Å². The third-order valence-electron chi connectivity index (χ3n) is 4.33. The number of aliphatic hydroxyl groups excluding tert-OH is 1. The average molecular weight is 344 g/mol. The van der Waals surface area contributed by atoms with Gasteiger partial charge in [0.15, 0.2) is 0 Å². The zero-order valence-corrected chi connectivity index (χ0v) is 13.6. The normalized spacial score (nSPS) is 16.5. The molecule has 1 saturated heterocycles. The maximum atomic E-state index is 13.7. The van der Waals surface area contributed by atoms with E-state index in [-0.39, 0.29) is 12.1 Å². The number of aromatic nitrogens is 1. The largest absolute Gasteiger partial charge is 0.387 e. The molecule has 1 atom stereocenters. The average Bonchev–Trinajstić information content (AvgIpc) is 2.62. The molecular weight excluding hydrogens is 326 g/mol. The maximum absolute atomic E-state index is 13.7. The molecule has 0 unspecified atom stereocenters. The van der Waals surface area contributed by atoms with Crippen LogP contribution in [0.5, 0.6) is 0 Å². The number of nitriles is 1. The first-order valence-electron chi connectivity index (χ1n) is 8.04. The number of β-amino-alcohol motifs (C(OH)–C–C–N with tert-alkyl or cyclic N) is 1. The number of hydrogen-bond acceptors (Lipinski definition) is 5. The smallest absolute Gasteiger partial charge is 0.131 e. The number of anilines is 1. The topological polar surface area (TPSA) is 63.4 Å². The summed E-state index contributed by atoms with van der Waals surface area (Å²) in [6, 6.07) is 9.05. The van der Waals surface area contributed by atoms with Crippen LogP contribution in [0.25, 0.3) is 0 Å². The van der Waals surface area contributed by atoms with Gasteiger partial charge in [-0.05, 0) is 24.3 Å². The van der Waals surface area contributed by atoms with Crippen molar-refractivity contribution < 1.29 is 13.9 Å². The van der Waals surface area contributed by atoms with Crippen molar-refractivity contribution in [3.8, 4) is 6.07 Å². The van der Waals surface area contributed by atoms with Crippen molar-refractivity contribution in [1.29, 1.82) is 5.26 Å². The van der Waals surface area contributed by atoms with Gasteiger partial charge in [0.25, 0.3) is 0 Å². The van der Waals surface area contributed by atoms with Crippen molar-refractivity contribution in [2.75, 3.05) is 37.6 Å². The predicted octanol–water partition coefficient (Wildman–Crippen LogP) is 2.09. The Morgan fingerprint density at radius 3 is 2.48 bits per heavy atom. The second-order valence-corrected chi connectivity index (χ2v) is 5.95. The van der Waals surface area contributed by atoms with Crippen LogP contribution in [0.2, 0.25) is 0 Å². The molecule has 0 radical (unpaired) electrons. The van der Waals surface area contributed by atoms with E-state index in [9.17, 15) is 13.9 Å². The Balaban J connectivity index is 1.60. The van der Waals surface area contributed by atoms with E-state index in [2.05, 4.69) is 11.1 Å². The molecule has 1 aromatic heterocycles. The molecule has 0 saturated carbocycles. The number of hydrogen-bond donors (Lipinski definition) is 1. The number of rotatable bonds is 4. The van der Waals surface area contributed by atoms with Crippen molar-refractivity contribution >= 4 is 5.82 Å². The van der Waals surface area contributed by atoms with Gasteiger partial charge >= 0.3 is 0 Å². The highest BCUT2D eigenvalue weighted by Gasteiger charge is 2.24. The number of piperazine rings is 1.